The quantitative estimate of drug-likeness (QED) is 0.907. The Morgan fingerprint density at radius 3 is 2.46 bits per heavy atom. The summed E-state index contributed by atoms with van der Waals surface area (Å²) in [6.45, 7) is 0.494. The Morgan fingerprint density at radius 1 is 1.00 bits per heavy atom. The normalized spacial score (nSPS) is 16.7. The second-order valence-corrected chi connectivity index (χ2v) is 5.62. The van der Waals surface area contributed by atoms with Gasteiger partial charge in [-0.25, -0.2) is 9.18 Å². The third-order valence-corrected chi connectivity index (χ3v) is 3.97. The van der Waals surface area contributed by atoms with Crippen LogP contribution in [0.1, 0.15) is 12.8 Å². The van der Waals surface area contributed by atoms with Gasteiger partial charge in [0.1, 0.15) is 11.9 Å². The number of anilines is 2. The monoisotopic (exact) mass is 327 g/mol. The maximum atomic E-state index is 13.7. The van der Waals surface area contributed by atoms with Crippen molar-refractivity contribution in [3.05, 3.63) is 60.4 Å². The van der Waals surface area contributed by atoms with E-state index in [9.17, 15) is 14.0 Å². The first-order valence-electron chi connectivity index (χ1n) is 7.83. The first kappa shape index (κ1) is 16.0. The number of likely N-dealkylation sites (tertiary alicyclic amines) is 1. The number of carbonyl (C=O) groups excluding carboxylic acids is 2. The maximum Gasteiger partial charge on any atom is 0.322 e. The highest BCUT2D eigenvalue weighted by Gasteiger charge is 2.34. The number of hydrogen-bond donors (Lipinski definition) is 2. The van der Waals surface area contributed by atoms with Crippen molar-refractivity contribution < 1.29 is 14.0 Å². The molecular formula is C18H18FN3O2. The second kappa shape index (κ2) is 7.12. The van der Waals surface area contributed by atoms with Crippen LogP contribution in [0, 0.1) is 5.82 Å². The van der Waals surface area contributed by atoms with Crippen molar-refractivity contribution in [1.82, 2.24) is 4.90 Å². The Hall–Kier alpha value is -2.89. The van der Waals surface area contributed by atoms with Gasteiger partial charge >= 0.3 is 6.03 Å². The molecule has 1 heterocycles. The molecule has 1 fully saturated rings. The summed E-state index contributed by atoms with van der Waals surface area (Å²) in [5.74, 6) is -0.870. The molecule has 2 N–H and O–H groups in total. The fourth-order valence-corrected chi connectivity index (χ4v) is 2.78. The molecule has 1 aliphatic rings. The Labute approximate surface area is 139 Å². The van der Waals surface area contributed by atoms with Crippen molar-refractivity contribution in [2.45, 2.75) is 18.9 Å². The zero-order valence-electron chi connectivity index (χ0n) is 13.0. The molecule has 1 aliphatic heterocycles. The minimum absolute atomic E-state index is 0.123. The number of para-hydroxylation sites is 2. The van der Waals surface area contributed by atoms with Crippen molar-refractivity contribution in [1.29, 1.82) is 0 Å². The molecule has 3 rings (SSSR count). The molecule has 0 aliphatic carbocycles. The average Bonchev–Trinajstić information content (AvgIpc) is 3.08. The predicted octanol–water partition coefficient (Wildman–Crippen LogP) is 3.46. The molecular weight excluding hydrogens is 309 g/mol. The van der Waals surface area contributed by atoms with Crippen molar-refractivity contribution in [2.75, 3.05) is 17.2 Å². The van der Waals surface area contributed by atoms with Crippen LogP contribution in [-0.2, 0) is 4.79 Å². The lowest BCUT2D eigenvalue weighted by atomic mass is 10.2. The van der Waals surface area contributed by atoms with Crippen LogP contribution < -0.4 is 10.6 Å². The van der Waals surface area contributed by atoms with E-state index in [4.69, 9.17) is 0 Å². The van der Waals surface area contributed by atoms with Crippen LogP contribution in [0.25, 0.3) is 0 Å². The summed E-state index contributed by atoms with van der Waals surface area (Å²) in [5, 5.41) is 5.34. The molecule has 3 amide bonds. The standard InChI is InChI=1S/C18H18FN3O2/c19-14-9-4-5-10-15(14)21-17(23)16-11-6-12-22(16)18(24)20-13-7-2-1-3-8-13/h1-5,7-10,16H,6,11-12H2,(H,20,24)(H,21,23)/t16-/m0/s1. The number of hydrogen-bond acceptors (Lipinski definition) is 2. The highest BCUT2D eigenvalue weighted by atomic mass is 19.1. The number of halogens is 1. The summed E-state index contributed by atoms with van der Waals surface area (Å²) in [6.07, 6.45) is 1.29. The van der Waals surface area contributed by atoms with Gasteiger partial charge in [0, 0.05) is 12.2 Å². The molecule has 0 aromatic heterocycles. The fourth-order valence-electron chi connectivity index (χ4n) is 2.78. The topological polar surface area (TPSA) is 61.4 Å². The van der Waals surface area contributed by atoms with E-state index in [1.807, 2.05) is 18.2 Å². The summed E-state index contributed by atoms with van der Waals surface area (Å²) in [7, 11) is 0. The van der Waals surface area contributed by atoms with Crippen molar-refractivity contribution in [3.8, 4) is 0 Å². The molecule has 0 radical (unpaired) electrons. The molecule has 124 valence electrons. The summed E-state index contributed by atoms with van der Waals surface area (Å²) >= 11 is 0. The number of amides is 3. The van der Waals surface area contributed by atoms with E-state index >= 15 is 0 Å². The highest BCUT2D eigenvalue weighted by molar-refractivity contribution is 5.99. The summed E-state index contributed by atoms with van der Waals surface area (Å²) in [4.78, 5) is 26.3. The predicted molar refractivity (Wildman–Crippen MR) is 90.2 cm³/mol. The van der Waals surface area contributed by atoms with Crippen LogP contribution in [0.3, 0.4) is 0 Å². The molecule has 1 atom stereocenters. The molecule has 2 aromatic carbocycles. The van der Waals surface area contributed by atoms with Crippen molar-refractivity contribution >= 4 is 23.3 Å². The summed E-state index contributed by atoms with van der Waals surface area (Å²) < 4.78 is 13.7. The molecule has 0 bridgehead atoms. The van der Waals surface area contributed by atoms with Crippen LogP contribution in [0.5, 0.6) is 0 Å². The third-order valence-electron chi connectivity index (χ3n) is 3.97. The lowest BCUT2D eigenvalue weighted by Gasteiger charge is -2.24. The van der Waals surface area contributed by atoms with Gasteiger partial charge in [-0.15, -0.1) is 0 Å². The number of nitrogens with zero attached hydrogens (tertiary/aromatic N) is 1. The van der Waals surface area contributed by atoms with Gasteiger partial charge in [0.2, 0.25) is 5.91 Å². The number of urea groups is 1. The van der Waals surface area contributed by atoms with Crippen molar-refractivity contribution in [2.24, 2.45) is 0 Å². The van der Waals surface area contributed by atoms with Gasteiger partial charge in [0.25, 0.3) is 0 Å². The smallest absolute Gasteiger partial charge is 0.322 e. The number of nitrogens with one attached hydrogen (secondary N) is 2. The molecule has 0 saturated carbocycles. The first-order chi connectivity index (χ1) is 11.6. The Morgan fingerprint density at radius 2 is 1.71 bits per heavy atom. The number of rotatable bonds is 3. The zero-order chi connectivity index (χ0) is 16.9. The Kier molecular flexibility index (Phi) is 4.74. The van der Waals surface area contributed by atoms with E-state index < -0.39 is 11.9 Å². The molecule has 5 nitrogen and oxygen atoms in total. The lowest BCUT2D eigenvalue weighted by Crippen LogP contribution is -2.45. The second-order valence-electron chi connectivity index (χ2n) is 5.62. The van der Waals surface area contributed by atoms with E-state index in [0.29, 0.717) is 18.7 Å². The van der Waals surface area contributed by atoms with E-state index in [2.05, 4.69) is 10.6 Å². The van der Waals surface area contributed by atoms with Gasteiger partial charge in [-0.2, -0.15) is 0 Å². The van der Waals surface area contributed by atoms with Gasteiger partial charge < -0.3 is 15.5 Å². The largest absolute Gasteiger partial charge is 0.322 e. The van der Waals surface area contributed by atoms with Gasteiger partial charge in [0.15, 0.2) is 0 Å². The third kappa shape index (κ3) is 3.53. The van der Waals surface area contributed by atoms with Gasteiger partial charge in [-0.1, -0.05) is 30.3 Å². The van der Waals surface area contributed by atoms with Gasteiger partial charge in [-0.3, -0.25) is 4.79 Å². The minimum atomic E-state index is -0.603. The molecule has 0 spiro atoms. The maximum absolute atomic E-state index is 13.7. The minimum Gasteiger partial charge on any atom is -0.322 e. The van der Waals surface area contributed by atoms with Crippen LogP contribution in [0.2, 0.25) is 0 Å². The van der Waals surface area contributed by atoms with Crippen LogP contribution in [-0.4, -0.2) is 29.4 Å². The van der Waals surface area contributed by atoms with Crippen LogP contribution in [0.15, 0.2) is 54.6 Å². The fraction of sp³-hybridized carbons (Fsp3) is 0.222. The zero-order valence-corrected chi connectivity index (χ0v) is 13.0. The molecule has 6 heteroatoms. The van der Waals surface area contributed by atoms with E-state index in [1.165, 1.54) is 17.0 Å². The summed E-state index contributed by atoms with van der Waals surface area (Å²) in [6, 6.07) is 14.1. The van der Waals surface area contributed by atoms with Crippen LogP contribution in [0.4, 0.5) is 20.6 Å². The number of carbonyl (C=O) groups is 2. The first-order valence-corrected chi connectivity index (χ1v) is 7.83. The van der Waals surface area contributed by atoms with Crippen LogP contribution >= 0.6 is 0 Å². The summed E-state index contributed by atoms with van der Waals surface area (Å²) in [5.41, 5.74) is 0.792. The lowest BCUT2D eigenvalue weighted by molar-refractivity contribution is -0.119. The van der Waals surface area contributed by atoms with Gasteiger partial charge in [-0.05, 0) is 37.1 Å². The molecule has 1 saturated heterocycles. The Bertz CT molecular complexity index is 736. The van der Waals surface area contributed by atoms with Gasteiger partial charge in [0.05, 0.1) is 5.69 Å². The van der Waals surface area contributed by atoms with E-state index in [0.717, 1.165) is 6.42 Å². The molecule has 0 unspecified atom stereocenters. The van der Waals surface area contributed by atoms with Crippen molar-refractivity contribution in [3.63, 3.8) is 0 Å². The SMILES string of the molecule is O=C(Nc1ccccc1F)[C@@H]1CCCN1C(=O)Nc1ccccc1. The molecule has 2 aromatic rings. The number of benzene rings is 2. The van der Waals surface area contributed by atoms with E-state index in [1.54, 1.807) is 24.3 Å². The molecule has 24 heavy (non-hydrogen) atoms. The highest BCUT2D eigenvalue weighted by Crippen LogP contribution is 2.21. The Balaban J connectivity index is 1.67. The van der Waals surface area contributed by atoms with E-state index in [-0.39, 0.29) is 17.6 Å². The average molecular weight is 327 g/mol.